The first-order valence-electron chi connectivity index (χ1n) is 5.88. The lowest BCUT2D eigenvalue weighted by Crippen LogP contribution is -2.29. The summed E-state index contributed by atoms with van der Waals surface area (Å²) in [5.74, 6) is -0.475. The molecular formula is C12H12BrN5O3. The zero-order valence-corrected chi connectivity index (χ0v) is 12.6. The van der Waals surface area contributed by atoms with E-state index < -0.39 is 12.0 Å². The number of nitrogens with one attached hydrogen (secondary N) is 2. The first-order valence-corrected chi connectivity index (χ1v) is 6.67. The topological polar surface area (TPSA) is 109 Å². The van der Waals surface area contributed by atoms with Crippen molar-refractivity contribution in [2.45, 2.75) is 6.54 Å². The molecule has 0 atom stereocenters. The number of urea groups is 1. The van der Waals surface area contributed by atoms with Crippen LogP contribution >= 0.6 is 15.9 Å². The molecule has 2 amide bonds. The zero-order chi connectivity index (χ0) is 15.4. The third kappa shape index (κ3) is 3.78. The van der Waals surface area contributed by atoms with Gasteiger partial charge in [0, 0.05) is 17.2 Å². The molecule has 0 aliphatic heterocycles. The highest BCUT2D eigenvalue weighted by Crippen LogP contribution is 2.21. The number of aryl methyl sites for hydroxylation is 1. The summed E-state index contributed by atoms with van der Waals surface area (Å²) in [6, 6.07) is 4.06. The monoisotopic (exact) mass is 353 g/mol. The molecule has 0 aliphatic carbocycles. The molecule has 1 heterocycles. The molecule has 0 fully saturated rings. The van der Waals surface area contributed by atoms with Crippen LogP contribution in [0.25, 0.3) is 0 Å². The van der Waals surface area contributed by atoms with E-state index in [4.69, 9.17) is 5.11 Å². The first-order chi connectivity index (χ1) is 9.97. The number of aromatic carboxylic acids is 1. The van der Waals surface area contributed by atoms with Crippen LogP contribution in [-0.4, -0.2) is 31.9 Å². The second-order valence-corrected chi connectivity index (χ2v) is 5.02. The predicted octanol–water partition coefficient (Wildman–Crippen LogP) is 1.60. The van der Waals surface area contributed by atoms with Gasteiger partial charge in [0.15, 0.2) is 5.82 Å². The molecule has 8 nitrogen and oxygen atoms in total. The number of carboxylic acids is 1. The van der Waals surface area contributed by atoms with Crippen molar-refractivity contribution in [2.75, 3.05) is 5.32 Å². The van der Waals surface area contributed by atoms with Gasteiger partial charge in [0.05, 0.1) is 12.1 Å². The lowest BCUT2D eigenvalue weighted by Gasteiger charge is -2.08. The van der Waals surface area contributed by atoms with E-state index in [1.807, 2.05) is 0 Å². The van der Waals surface area contributed by atoms with Crippen molar-refractivity contribution in [1.82, 2.24) is 20.1 Å². The highest BCUT2D eigenvalue weighted by Gasteiger charge is 2.11. The fourth-order valence-corrected chi connectivity index (χ4v) is 1.98. The number of carbonyl (C=O) groups excluding carboxylic acids is 1. The highest BCUT2D eigenvalue weighted by atomic mass is 79.9. The van der Waals surface area contributed by atoms with Crippen molar-refractivity contribution in [1.29, 1.82) is 0 Å². The summed E-state index contributed by atoms with van der Waals surface area (Å²) in [5.41, 5.74) is 0.451. The van der Waals surface area contributed by atoms with Gasteiger partial charge in [-0.2, -0.15) is 0 Å². The SMILES string of the molecule is Cn1cnnc1CNC(=O)Nc1ccc(Br)c(C(=O)O)c1. The Hall–Kier alpha value is -2.42. The molecule has 1 aromatic heterocycles. The van der Waals surface area contributed by atoms with E-state index in [9.17, 15) is 9.59 Å². The van der Waals surface area contributed by atoms with Gasteiger partial charge in [0.2, 0.25) is 0 Å². The predicted molar refractivity (Wildman–Crippen MR) is 78.0 cm³/mol. The molecule has 0 bridgehead atoms. The van der Waals surface area contributed by atoms with Crippen molar-refractivity contribution in [2.24, 2.45) is 7.05 Å². The third-order valence-corrected chi connectivity index (χ3v) is 3.36. The molecule has 0 unspecified atom stereocenters. The first kappa shape index (κ1) is 15.0. The summed E-state index contributed by atoms with van der Waals surface area (Å²) in [5, 5.41) is 21.7. The minimum Gasteiger partial charge on any atom is -0.478 e. The third-order valence-electron chi connectivity index (χ3n) is 2.67. The maximum atomic E-state index is 11.7. The molecule has 0 radical (unpaired) electrons. The number of halogens is 1. The number of nitrogens with zero attached hydrogens (tertiary/aromatic N) is 3. The minimum atomic E-state index is -1.08. The molecule has 0 spiro atoms. The van der Waals surface area contributed by atoms with Crippen molar-refractivity contribution in [3.05, 3.63) is 40.4 Å². The average Bonchev–Trinajstić information content (AvgIpc) is 2.84. The van der Waals surface area contributed by atoms with Crippen molar-refractivity contribution in [3.63, 3.8) is 0 Å². The molecule has 1 aromatic carbocycles. The van der Waals surface area contributed by atoms with E-state index >= 15 is 0 Å². The van der Waals surface area contributed by atoms with Gasteiger partial charge >= 0.3 is 12.0 Å². The Morgan fingerprint density at radius 3 is 2.81 bits per heavy atom. The van der Waals surface area contributed by atoms with Crippen molar-refractivity contribution < 1.29 is 14.7 Å². The normalized spacial score (nSPS) is 10.2. The Balaban J connectivity index is 1.98. The number of rotatable bonds is 4. The maximum absolute atomic E-state index is 11.7. The summed E-state index contributed by atoms with van der Waals surface area (Å²) >= 11 is 3.13. The molecule has 110 valence electrons. The molecule has 3 N–H and O–H groups in total. The standard InChI is InChI=1S/C12H12BrN5O3/c1-18-6-15-17-10(18)5-14-12(21)16-7-2-3-9(13)8(4-7)11(19)20/h2-4,6H,5H2,1H3,(H,19,20)(H2,14,16,21). The second-order valence-electron chi connectivity index (χ2n) is 4.17. The Morgan fingerprint density at radius 1 is 1.43 bits per heavy atom. The molecule has 0 saturated carbocycles. The van der Waals surface area contributed by atoms with Gasteiger partial charge in [-0.15, -0.1) is 10.2 Å². The number of carbonyl (C=O) groups is 2. The van der Waals surface area contributed by atoms with E-state index in [0.717, 1.165) is 0 Å². The summed E-state index contributed by atoms with van der Waals surface area (Å²) in [4.78, 5) is 22.7. The lowest BCUT2D eigenvalue weighted by molar-refractivity contribution is 0.0696. The Morgan fingerprint density at radius 2 is 2.19 bits per heavy atom. The van der Waals surface area contributed by atoms with Crippen LogP contribution in [0.5, 0.6) is 0 Å². The molecule has 21 heavy (non-hydrogen) atoms. The van der Waals surface area contributed by atoms with E-state index in [1.165, 1.54) is 12.4 Å². The average molecular weight is 354 g/mol. The van der Waals surface area contributed by atoms with Crippen LogP contribution in [0.1, 0.15) is 16.2 Å². The molecule has 2 aromatic rings. The van der Waals surface area contributed by atoms with Gasteiger partial charge in [-0.25, -0.2) is 9.59 Å². The van der Waals surface area contributed by atoms with Crippen molar-refractivity contribution in [3.8, 4) is 0 Å². The smallest absolute Gasteiger partial charge is 0.336 e. The second kappa shape index (κ2) is 6.35. The van der Waals surface area contributed by atoms with Gasteiger partial charge in [0.25, 0.3) is 0 Å². The summed E-state index contributed by atoms with van der Waals surface area (Å²) in [7, 11) is 1.77. The summed E-state index contributed by atoms with van der Waals surface area (Å²) in [6.07, 6.45) is 1.53. The van der Waals surface area contributed by atoms with Crippen LogP contribution in [0, 0.1) is 0 Å². The van der Waals surface area contributed by atoms with Crippen LogP contribution in [-0.2, 0) is 13.6 Å². The van der Waals surface area contributed by atoms with Crippen LogP contribution in [0.15, 0.2) is 29.0 Å². The lowest BCUT2D eigenvalue weighted by atomic mass is 10.2. The molecule has 0 aliphatic rings. The van der Waals surface area contributed by atoms with E-state index in [2.05, 4.69) is 36.8 Å². The molecule has 0 saturated heterocycles. The van der Waals surface area contributed by atoms with Crippen molar-refractivity contribution >= 4 is 33.6 Å². The number of anilines is 1. The molecule has 2 rings (SSSR count). The Bertz CT molecular complexity index is 685. The van der Waals surface area contributed by atoms with Crippen LogP contribution < -0.4 is 10.6 Å². The largest absolute Gasteiger partial charge is 0.478 e. The summed E-state index contributed by atoms with van der Waals surface area (Å²) < 4.78 is 2.13. The highest BCUT2D eigenvalue weighted by molar-refractivity contribution is 9.10. The van der Waals surface area contributed by atoms with Gasteiger partial charge in [0.1, 0.15) is 6.33 Å². The Kier molecular flexibility index (Phi) is 4.53. The number of aromatic nitrogens is 3. The molecule has 9 heteroatoms. The minimum absolute atomic E-state index is 0.0705. The van der Waals surface area contributed by atoms with Crippen LogP contribution in [0.2, 0.25) is 0 Å². The van der Waals surface area contributed by atoms with Gasteiger partial charge in [-0.05, 0) is 34.1 Å². The van der Waals surface area contributed by atoms with E-state index in [0.29, 0.717) is 16.0 Å². The number of hydrogen-bond acceptors (Lipinski definition) is 4. The van der Waals surface area contributed by atoms with Crippen LogP contribution in [0.3, 0.4) is 0 Å². The fourth-order valence-electron chi connectivity index (χ4n) is 1.57. The quantitative estimate of drug-likeness (QED) is 0.773. The van der Waals surface area contributed by atoms with Crippen LogP contribution in [0.4, 0.5) is 10.5 Å². The fraction of sp³-hybridized carbons (Fsp3) is 0.167. The number of amides is 2. The molecular weight excluding hydrogens is 342 g/mol. The van der Waals surface area contributed by atoms with Gasteiger partial charge < -0.3 is 20.3 Å². The van der Waals surface area contributed by atoms with E-state index in [-0.39, 0.29) is 12.1 Å². The zero-order valence-electron chi connectivity index (χ0n) is 11.0. The van der Waals surface area contributed by atoms with Gasteiger partial charge in [-0.1, -0.05) is 0 Å². The Labute approximate surface area is 128 Å². The van der Waals surface area contributed by atoms with E-state index in [1.54, 1.807) is 23.7 Å². The maximum Gasteiger partial charge on any atom is 0.336 e. The number of hydrogen-bond donors (Lipinski definition) is 3. The summed E-state index contributed by atoms with van der Waals surface area (Å²) in [6.45, 7) is 0.213. The number of benzene rings is 1. The number of carboxylic acid groups (broad SMARTS) is 1. The van der Waals surface area contributed by atoms with Gasteiger partial charge in [-0.3, -0.25) is 0 Å².